The maximum atomic E-state index is 13.1. The normalized spacial score (nSPS) is 11.2. The highest BCUT2D eigenvalue weighted by molar-refractivity contribution is 5.89. The van der Waals surface area contributed by atoms with Crippen LogP contribution in [0.1, 0.15) is 27.8 Å². The van der Waals surface area contributed by atoms with Crippen molar-refractivity contribution in [3.05, 3.63) is 100 Å². The summed E-state index contributed by atoms with van der Waals surface area (Å²) in [5.41, 5.74) is 4.74. The van der Waals surface area contributed by atoms with Crippen LogP contribution in [0.25, 0.3) is 11.6 Å². The molecule has 0 amide bonds. The molecule has 0 heterocycles. The lowest BCUT2D eigenvalue weighted by Crippen LogP contribution is -1.99. The summed E-state index contributed by atoms with van der Waals surface area (Å²) in [5.74, 6) is 0.152. The molecule has 2 nitrogen and oxygen atoms in total. The zero-order valence-electron chi connectivity index (χ0n) is 15.7. The fourth-order valence-electron chi connectivity index (χ4n) is 3.01. The molecule has 3 aromatic carbocycles. The Kier molecular flexibility index (Phi) is 5.86. The molecule has 0 saturated carbocycles. The molecular weight excluding hydrogens is 356 g/mol. The lowest BCUT2D eigenvalue weighted by molar-refractivity contribution is 0.302. The second-order valence-electron chi connectivity index (χ2n) is 6.58. The van der Waals surface area contributed by atoms with Crippen molar-refractivity contribution in [2.24, 2.45) is 0 Å². The number of benzene rings is 3. The van der Waals surface area contributed by atoms with E-state index in [0.29, 0.717) is 17.7 Å². The quantitative estimate of drug-likeness (QED) is 0.391. The Labute approximate surface area is 163 Å². The summed E-state index contributed by atoms with van der Waals surface area (Å²) in [4.78, 5) is 0. The summed E-state index contributed by atoms with van der Waals surface area (Å²) >= 11 is 0. The van der Waals surface area contributed by atoms with E-state index in [9.17, 15) is 14.0 Å². The molecule has 0 aliphatic carbocycles. The number of nitriles is 1. The highest BCUT2D eigenvalue weighted by Crippen LogP contribution is 2.28. The monoisotopic (exact) mass is 375 g/mol. The molecule has 28 heavy (non-hydrogen) atoms. The van der Waals surface area contributed by atoms with Crippen molar-refractivity contribution in [3.63, 3.8) is 0 Å². The van der Waals surface area contributed by atoms with Crippen molar-refractivity contribution in [2.75, 3.05) is 0 Å². The first kappa shape index (κ1) is 19.3. The van der Waals surface area contributed by atoms with Crippen LogP contribution in [0.2, 0.25) is 0 Å². The van der Waals surface area contributed by atoms with Crippen LogP contribution in [0, 0.1) is 36.8 Å². The van der Waals surface area contributed by atoms with E-state index < -0.39 is 0 Å². The zero-order chi connectivity index (χ0) is 20.1. The largest absolute Gasteiger partial charge is 0.488 e. The average Bonchev–Trinajstić information content (AvgIpc) is 2.67. The van der Waals surface area contributed by atoms with Crippen molar-refractivity contribution in [1.82, 2.24) is 0 Å². The summed E-state index contributed by atoms with van der Waals surface area (Å²) in [6.45, 7) is 4.22. The summed E-state index contributed by atoms with van der Waals surface area (Å²) in [6, 6.07) is 18.1. The first-order valence-corrected chi connectivity index (χ1v) is 8.82. The molecule has 0 aliphatic heterocycles. The number of aryl methyl sites for hydroxylation is 2. The lowest BCUT2D eigenvalue weighted by Gasteiger charge is -2.13. The van der Waals surface area contributed by atoms with Crippen LogP contribution in [-0.2, 0) is 6.61 Å². The molecule has 3 aromatic rings. The standard InChI is InChI=1S/C24H19F2NO/c1-16-11-19(13-21(14-27)20-5-9-23(26)10-6-20)12-17(2)24(16)28-15-18-3-7-22(25)8-4-18/h3-13H,15H2,1-2H3/b21-13+. The van der Waals surface area contributed by atoms with Crippen molar-refractivity contribution >= 4 is 11.6 Å². The topological polar surface area (TPSA) is 33.0 Å². The molecule has 0 unspecified atom stereocenters. The molecule has 0 aromatic heterocycles. The van der Waals surface area contributed by atoms with Gasteiger partial charge in [0, 0.05) is 0 Å². The summed E-state index contributed by atoms with van der Waals surface area (Å²) in [6.07, 6.45) is 1.77. The Balaban J connectivity index is 1.83. The van der Waals surface area contributed by atoms with Crippen molar-refractivity contribution in [1.29, 1.82) is 5.26 Å². The number of allylic oxidation sites excluding steroid dienone is 1. The summed E-state index contributed by atoms with van der Waals surface area (Å²) in [5, 5.41) is 9.47. The summed E-state index contributed by atoms with van der Waals surface area (Å²) in [7, 11) is 0. The van der Waals surface area contributed by atoms with Gasteiger partial charge in [-0.3, -0.25) is 0 Å². The van der Waals surface area contributed by atoms with Crippen LogP contribution in [0.5, 0.6) is 5.75 Å². The molecule has 0 fully saturated rings. The van der Waals surface area contributed by atoms with Crippen LogP contribution in [0.3, 0.4) is 0 Å². The number of hydrogen-bond acceptors (Lipinski definition) is 2. The van der Waals surface area contributed by atoms with E-state index in [2.05, 4.69) is 6.07 Å². The third-order valence-electron chi connectivity index (χ3n) is 4.37. The van der Waals surface area contributed by atoms with E-state index in [-0.39, 0.29) is 11.6 Å². The molecule has 0 saturated heterocycles. The zero-order valence-corrected chi connectivity index (χ0v) is 15.7. The van der Waals surface area contributed by atoms with E-state index in [0.717, 1.165) is 28.0 Å². The van der Waals surface area contributed by atoms with Gasteiger partial charge in [0.1, 0.15) is 24.0 Å². The average molecular weight is 375 g/mol. The number of halogens is 2. The molecule has 0 radical (unpaired) electrons. The Bertz CT molecular complexity index is 1020. The van der Waals surface area contributed by atoms with E-state index in [1.165, 1.54) is 24.3 Å². The van der Waals surface area contributed by atoms with Gasteiger partial charge in [0.05, 0.1) is 11.6 Å². The van der Waals surface area contributed by atoms with E-state index in [4.69, 9.17) is 4.74 Å². The van der Waals surface area contributed by atoms with Crippen LogP contribution < -0.4 is 4.74 Å². The predicted octanol–water partition coefficient (Wildman–Crippen LogP) is 6.22. The van der Waals surface area contributed by atoms with Gasteiger partial charge in [0.15, 0.2) is 0 Å². The number of rotatable bonds is 5. The highest BCUT2D eigenvalue weighted by atomic mass is 19.1. The molecule has 4 heteroatoms. The third kappa shape index (κ3) is 4.63. The first-order valence-electron chi connectivity index (χ1n) is 8.82. The van der Waals surface area contributed by atoms with Gasteiger partial charge in [-0.05, 0) is 84.1 Å². The van der Waals surface area contributed by atoms with Gasteiger partial charge >= 0.3 is 0 Å². The van der Waals surface area contributed by atoms with E-state index in [1.54, 1.807) is 30.3 Å². The van der Waals surface area contributed by atoms with Gasteiger partial charge < -0.3 is 4.74 Å². The second-order valence-corrected chi connectivity index (χ2v) is 6.58. The minimum absolute atomic E-state index is 0.276. The number of hydrogen-bond donors (Lipinski definition) is 0. The van der Waals surface area contributed by atoms with Gasteiger partial charge in [-0.25, -0.2) is 8.78 Å². The lowest BCUT2D eigenvalue weighted by atomic mass is 10.0. The molecular formula is C24H19F2NO. The number of nitrogens with zero attached hydrogens (tertiary/aromatic N) is 1. The van der Waals surface area contributed by atoms with Gasteiger partial charge in [0.25, 0.3) is 0 Å². The maximum Gasteiger partial charge on any atom is 0.125 e. The Morgan fingerprint density at radius 3 is 2.00 bits per heavy atom. The van der Waals surface area contributed by atoms with Crippen molar-refractivity contribution in [3.8, 4) is 11.8 Å². The number of ether oxygens (including phenoxy) is 1. The van der Waals surface area contributed by atoms with E-state index in [1.807, 2.05) is 26.0 Å². The van der Waals surface area contributed by atoms with Crippen LogP contribution in [0.15, 0.2) is 60.7 Å². The third-order valence-corrected chi connectivity index (χ3v) is 4.37. The van der Waals surface area contributed by atoms with Crippen LogP contribution >= 0.6 is 0 Å². The maximum absolute atomic E-state index is 13.1. The van der Waals surface area contributed by atoms with Gasteiger partial charge in [-0.15, -0.1) is 0 Å². The van der Waals surface area contributed by atoms with Gasteiger partial charge in [-0.2, -0.15) is 5.26 Å². The fraction of sp³-hybridized carbons (Fsp3) is 0.125. The minimum atomic E-state index is -0.338. The molecule has 0 aliphatic rings. The smallest absolute Gasteiger partial charge is 0.125 e. The van der Waals surface area contributed by atoms with Crippen LogP contribution in [0.4, 0.5) is 8.78 Å². The molecule has 140 valence electrons. The highest BCUT2D eigenvalue weighted by Gasteiger charge is 2.08. The summed E-state index contributed by atoms with van der Waals surface area (Å²) < 4.78 is 32.0. The Hall–Kier alpha value is -3.45. The Morgan fingerprint density at radius 2 is 1.46 bits per heavy atom. The second kappa shape index (κ2) is 8.49. The van der Waals surface area contributed by atoms with E-state index >= 15 is 0 Å². The molecule has 3 rings (SSSR count). The minimum Gasteiger partial charge on any atom is -0.488 e. The van der Waals surface area contributed by atoms with Crippen molar-refractivity contribution < 1.29 is 13.5 Å². The molecule has 0 N–H and O–H groups in total. The SMILES string of the molecule is Cc1cc(/C=C(\C#N)c2ccc(F)cc2)cc(C)c1OCc1ccc(F)cc1. The molecule has 0 spiro atoms. The van der Waals surface area contributed by atoms with Gasteiger partial charge in [-0.1, -0.05) is 24.3 Å². The first-order chi connectivity index (χ1) is 13.5. The predicted molar refractivity (Wildman–Crippen MR) is 107 cm³/mol. The van der Waals surface area contributed by atoms with Crippen molar-refractivity contribution in [2.45, 2.75) is 20.5 Å². The van der Waals surface area contributed by atoms with Crippen LogP contribution in [-0.4, -0.2) is 0 Å². The molecule has 0 atom stereocenters. The van der Waals surface area contributed by atoms with Gasteiger partial charge in [0.2, 0.25) is 0 Å². The Morgan fingerprint density at radius 1 is 0.929 bits per heavy atom. The molecule has 0 bridgehead atoms. The fourth-order valence-corrected chi connectivity index (χ4v) is 3.01.